The van der Waals surface area contributed by atoms with Crippen molar-refractivity contribution < 1.29 is 33.7 Å². The highest BCUT2D eigenvalue weighted by molar-refractivity contribution is 7.12. The number of alkyl carbamates (subject to hydrolysis) is 1. The van der Waals surface area contributed by atoms with E-state index in [2.05, 4.69) is 5.32 Å². The molecule has 31 heavy (non-hydrogen) atoms. The third kappa shape index (κ3) is 4.99. The van der Waals surface area contributed by atoms with Gasteiger partial charge in [0, 0.05) is 12.0 Å². The van der Waals surface area contributed by atoms with Crippen molar-refractivity contribution in [2.45, 2.75) is 51.2 Å². The lowest BCUT2D eigenvalue weighted by Gasteiger charge is -2.37. The number of amides is 1. The fourth-order valence-corrected chi connectivity index (χ4v) is 4.21. The van der Waals surface area contributed by atoms with Crippen LogP contribution in [0.1, 0.15) is 48.0 Å². The quantitative estimate of drug-likeness (QED) is 0.662. The predicted molar refractivity (Wildman–Crippen MR) is 114 cm³/mol. The lowest BCUT2D eigenvalue weighted by atomic mass is 9.77. The normalized spacial score (nSPS) is 17.9. The SMILES string of the molecule is COC(=O)[C@@]1(NC(=O)OC(C)(C)C)CCc2cccc(Oc3ccsc3C(=O)O)c2C1. The van der Waals surface area contributed by atoms with Gasteiger partial charge in [-0.3, -0.25) is 0 Å². The van der Waals surface area contributed by atoms with E-state index in [0.717, 1.165) is 16.9 Å². The van der Waals surface area contributed by atoms with Gasteiger partial charge < -0.3 is 24.6 Å². The number of carbonyl (C=O) groups excluding carboxylic acids is 2. The van der Waals surface area contributed by atoms with Gasteiger partial charge in [0.05, 0.1) is 7.11 Å². The van der Waals surface area contributed by atoms with Gasteiger partial charge in [0.2, 0.25) is 0 Å². The van der Waals surface area contributed by atoms with Crippen LogP contribution in [0.5, 0.6) is 11.5 Å². The van der Waals surface area contributed by atoms with Gasteiger partial charge in [0.1, 0.15) is 16.9 Å². The third-order valence-corrected chi connectivity index (χ3v) is 5.77. The molecule has 0 saturated carbocycles. The molecule has 1 aromatic carbocycles. The van der Waals surface area contributed by atoms with E-state index in [9.17, 15) is 19.5 Å². The van der Waals surface area contributed by atoms with Gasteiger partial charge in [-0.05, 0) is 56.7 Å². The topological polar surface area (TPSA) is 111 Å². The maximum atomic E-state index is 12.8. The monoisotopic (exact) mass is 447 g/mol. The number of carboxylic acid groups (broad SMARTS) is 1. The molecule has 9 heteroatoms. The van der Waals surface area contributed by atoms with Crippen molar-refractivity contribution in [3.63, 3.8) is 0 Å². The molecular formula is C22H25NO7S. The van der Waals surface area contributed by atoms with Crippen LogP contribution in [0.25, 0.3) is 0 Å². The number of ether oxygens (including phenoxy) is 3. The number of carboxylic acids is 1. The summed E-state index contributed by atoms with van der Waals surface area (Å²) >= 11 is 1.06. The van der Waals surface area contributed by atoms with E-state index < -0.39 is 29.2 Å². The summed E-state index contributed by atoms with van der Waals surface area (Å²) < 4.78 is 16.3. The summed E-state index contributed by atoms with van der Waals surface area (Å²) in [6.07, 6.45) is 0.226. The number of thiophene rings is 1. The predicted octanol–water partition coefficient (Wildman–Crippen LogP) is 4.16. The molecule has 1 aliphatic carbocycles. The van der Waals surface area contributed by atoms with Crippen LogP contribution in [0.15, 0.2) is 29.6 Å². The second-order valence-electron chi connectivity index (χ2n) is 8.29. The van der Waals surface area contributed by atoms with Crippen molar-refractivity contribution in [1.29, 1.82) is 0 Å². The summed E-state index contributed by atoms with van der Waals surface area (Å²) in [5, 5.41) is 13.7. The summed E-state index contributed by atoms with van der Waals surface area (Å²) in [4.78, 5) is 36.8. The van der Waals surface area contributed by atoms with Crippen LogP contribution in [-0.2, 0) is 27.1 Å². The fraction of sp³-hybridized carbons (Fsp3) is 0.409. The number of aromatic carboxylic acids is 1. The van der Waals surface area contributed by atoms with Crippen LogP contribution in [0, 0.1) is 0 Å². The van der Waals surface area contributed by atoms with Crippen LogP contribution in [0.2, 0.25) is 0 Å². The van der Waals surface area contributed by atoms with E-state index in [0.29, 0.717) is 24.2 Å². The van der Waals surface area contributed by atoms with Gasteiger partial charge in [0.15, 0.2) is 10.6 Å². The molecule has 1 amide bonds. The van der Waals surface area contributed by atoms with Crippen molar-refractivity contribution >= 4 is 29.4 Å². The number of fused-ring (bicyclic) bond motifs is 1. The molecule has 1 heterocycles. The molecule has 1 atom stereocenters. The van der Waals surface area contributed by atoms with Crippen molar-refractivity contribution in [1.82, 2.24) is 5.32 Å². The van der Waals surface area contributed by atoms with Crippen LogP contribution >= 0.6 is 11.3 Å². The first-order valence-electron chi connectivity index (χ1n) is 9.73. The van der Waals surface area contributed by atoms with Gasteiger partial charge in [-0.2, -0.15) is 0 Å². The van der Waals surface area contributed by atoms with E-state index in [4.69, 9.17) is 14.2 Å². The molecule has 0 saturated heterocycles. The number of esters is 1. The number of hydrogen-bond acceptors (Lipinski definition) is 7. The fourth-order valence-electron chi connectivity index (χ4n) is 3.56. The third-order valence-electron chi connectivity index (χ3n) is 4.89. The van der Waals surface area contributed by atoms with Gasteiger partial charge in [-0.25, -0.2) is 14.4 Å². The van der Waals surface area contributed by atoms with Crippen LogP contribution < -0.4 is 10.1 Å². The minimum atomic E-state index is -1.33. The minimum absolute atomic E-state index is 0.0829. The Morgan fingerprint density at radius 1 is 1.16 bits per heavy atom. The molecule has 2 N–H and O–H groups in total. The summed E-state index contributed by atoms with van der Waals surface area (Å²) in [6, 6.07) is 7.03. The number of benzene rings is 1. The summed E-state index contributed by atoms with van der Waals surface area (Å²) in [6.45, 7) is 5.21. The first kappa shape index (κ1) is 22.6. The highest BCUT2D eigenvalue weighted by Gasteiger charge is 2.45. The lowest BCUT2D eigenvalue weighted by Crippen LogP contribution is -2.59. The highest BCUT2D eigenvalue weighted by Crippen LogP contribution is 2.39. The lowest BCUT2D eigenvalue weighted by molar-refractivity contribution is -0.149. The van der Waals surface area contributed by atoms with Gasteiger partial charge >= 0.3 is 18.0 Å². The summed E-state index contributed by atoms with van der Waals surface area (Å²) in [5.41, 5.74) is -0.393. The van der Waals surface area contributed by atoms with E-state index in [-0.39, 0.29) is 17.0 Å². The Balaban J connectivity index is 1.95. The molecule has 166 valence electrons. The summed E-state index contributed by atoms with van der Waals surface area (Å²) in [5.74, 6) is -1.01. The molecule has 3 rings (SSSR count). The molecule has 0 spiro atoms. The number of hydrogen-bond donors (Lipinski definition) is 2. The zero-order chi connectivity index (χ0) is 22.8. The number of aryl methyl sites for hydroxylation is 1. The van der Waals surface area contributed by atoms with Crippen LogP contribution in [0.3, 0.4) is 0 Å². The summed E-state index contributed by atoms with van der Waals surface area (Å²) in [7, 11) is 1.27. The number of methoxy groups -OCH3 is 1. The van der Waals surface area contributed by atoms with Gasteiger partial charge in [-0.1, -0.05) is 12.1 Å². The van der Waals surface area contributed by atoms with Gasteiger partial charge in [0.25, 0.3) is 0 Å². The Morgan fingerprint density at radius 3 is 2.55 bits per heavy atom. The van der Waals surface area contributed by atoms with E-state index >= 15 is 0 Å². The maximum absolute atomic E-state index is 12.8. The van der Waals surface area contributed by atoms with Crippen molar-refractivity contribution in [3.8, 4) is 11.5 Å². The molecule has 8 nitrogen and oxygen atoms in total. The molecule has 0 bridgehead atoms. The zero-order valence-corrected chi connectivity index (χ0v) is 18.6. The first-order valence-corrected chi connectivity index (χ1v) is 10.6. The Bertz CT molecular complexity index is 1010. The smallest absolute Gasteiger partial charge is 0.408 e. The standard InChI is InChI=1S/C22H25NO7S/c1-21(2,3)30-20(27)23-22(19(26)28-4)10-8-13-6-5-7-15(14(13)12-22)29-16-9-11-31-17(16)18(24)25/h5-7,9,11H,8,10,12H2,1-4H3,(H,23,27)(H,24,25)/t22-/m1/s1. The molecule has 0 aliphatic heterocycles. The van der Waals surface area contributed by atoms with Crippen LogP contribution in [-0.4, -0.2) is 41.4 Å². The molecular weight excluding hydrogens is 422 g/mol. The number of nitrogens with one attached hydrogen (secondary N) is 1. The molecule has 0 radical (unpaired) electrons. The Hall–Kier alpha value is -3.07. The Labute approximate surface area is 184 Å². The van der Waals surface area contributed by atoms with Gasteiger partial charge in [-0.15, -0.1) is 11.3 Å². The first-order chi connectivity index (χ1) is 14.5. The second kappa shape index (κ2) is 8.58. The Kier molecular flexibility index (Phi) is 6.26. The van der Waals surface area contributed by atoms with Crippen LogP contribution in [0.4, 0.5) is 4.79 Å². The largest absolute Gasteiger partial charge is 0.477 e. The van der Waals surface area contributed by atoms with E-state index in [1.807, 2.05) is 12.1 Å². The molecule has 1 aliphatic rings. The van der Waals surface area contributed by atoms with E-state index in [1.165, 1.54) is 7.11 Å². The molecule has 0 unspecified atom stereocenters. The molecule has 2 aromatic rings. The molecule has 0 fully saturated rings. The average Bonchev–Trinajstić information content (AvgIpc) is 3.14. The minimum Gasteiger partial charge on any atom is -0.477 e. The van der Waals surface area contributed by atoms with Crippen molar-refractivity contribution in [2.24, 2.45) is 0 Å². The number of carbonyl (C=O) groups is 3. The average molecular weight is 448 g/mol. The molecule has 1 aromatic heterocycles. The zero-order valence-electron chi connectivity index (χ0n) is 17.8. The second-order valence-corrected chi connectivity index (χ2v) is 9.21. The number of rotatable bonds is 5. The maximum Gasteiger partial charge on any atom is 0.408 e. The van der Waals surface area contributed by atoms with Crippen molar-refractivity contribution in [3.05, 3.63) is 45.6 Å². The van der Waals surface area contributed by atoms with Crippen molar-refractivity contribution in [2.75, 3.05) is 7.11 Å². The van der Waals surface area contributed by atoms with E-state index in [1.54, 1.807) is 38.3 Å². The Morgan fingerprint density at radius 2 is 1.90 bits per heavy atom. The highest BCUT2D eigenvalue weighted by atomic mass is 32.1.